The van der Waals surface area contributed by atoms with Gasteiger partial charge in [0.15, 0.2) is 0 Å². The molecule has 2 aromatic carbocycles. The molecule has 0 aliphatic heterocycles. The van der Waals surface area contributed by atoms with Crippen molar-refractivity contribution in [3.63, 3.8) is 0 Å². The first-order valence-electron chi connectivity index (χ1n) is 5.60. The molecule has 0 atom stereocenters. The molecule has 0 aliphatic carbocycles. The largest absolute Gasteiger partial charge is 0.508 e. The van der Waals surface area contributed by atoms with Crippen LogP contribution in [0.5, 0.6) is 5.75 Å². The fourth-order valence-electron chi connectivity index (χ4n) is 1.66. The number of carbonyl (C=O) groups is 1. The first kappa shape index (κ1) is 14.0. The summed E-state index contributed by atoms with van der Waals surface area (Å²) in [5.41, 5.74) is 0.289. The van der Waals surface area contributed by atoms with Gasteiger partial charge in [-0.3, -0.25) is 4.79 Å². The Morgan fingerprint density at radius 1 is 1.10 bits per heavy atom. The molecule has 20 heavy (non-hydrogen) atoms. The molecule has 104 valence electrons. The zero-order valence-corrected chi connectivity index (χ0v) is 11.1. The minimum Gasteiger partial charge on any atom is -0.508 e. The zero-order chi connectivity index (χ0) is 14.8. The van der Waals surface area contributed by atoms with Crippen LogP contribution in [0.25, 0.3) is 0 Å². The van der Waals surface area contributed by atoms with E-state index in [1.807, 2.05) is 0 Å². The summed E-state index contributed by atoms with van der Waals surface area (Å²) in [6.45, 7) is 0. The molecule has 1 amide bonds. The van der Waals surface area contributed by atoms with Crippen molar-refractivity contribution >= 4 is 21.6 Å². The summed E-state index contributed by atoms with van der Waals surface area (Å²) < 4.78 is 22.8. The van der Waals surface area contributed by atoms with Crippen LogP contribution in [0.15, 0.2) is 53.4 Å². The van der Waals surface area contributed by atoms with E-state index in [2.05, 4.69) is 5.32 Å². The van der Waals surface area contributed by atoms with E-state index < -0.39 is 15.9 Å². The summed E-state index contributed by atoms with van der Waals surface area (Å²) >= 11 is 0. The van der Waals surface area contributed by atoms with Crippen molar-refractivity contribution < 1.29 is 18.3 Å². The molecule has 0 aliphatic rings. The number of sulfonamides is 1. The molecule has 6 nitrogen and oxygen atoms in total. The Morgan fingerprint density at radius 2 is 1.80 bits per heavy atom. The van der Waals surface area contributed by atoms with Crippen molar-refractivity contribution in [3.8, 4) is 5.75 Å². The molecule has 0 fully saturated rings. The van der Waals surface area contributed by atoms with Crippen LogP contribution in [-0.4, -0.2) is 19.4 Å². The van der Waals surface area contributed by atoms with Crippen LogP contribution in [-0.2, 0) is 10.0 Å². The van der Waals surface area contributed by atoms with Crippen LogP contribution in [0.4, 0.5) is 5.69 Å². The van der Waals surface area contributed by atoms with Gasteiger partial charge in [0.2, 0.25) is 10.0 Å². The SMILES string of the molecule is NS(=O)(=O)c1ccccc1NC(=O)c1cccc(O)c1. The number of para-hydroxylation sites is 1. The second-order valence-electron chi connectivity index (χ2n) is 4.05. The predicted molar refractivity (Wildman–Crippen MR) is 73.9 cm³/mol. The van der Waals surface area contributed by atoms with E-state index in [0.717, 1.165) is 0 Å². The van der Waals surface area contributed by atoms with E-state index in [-0.39, 0.29) is 21.9 Å². The number of hydrogen-bond acceptors (Lipinski definition) is 4. The van der Waals surface area contributed by atoms with E-state index in [1.165, 1.54) is 42.5 Å². The van der Waals surface area contributed by atoms with Crippen LogP contribution in [0.2, 0.25) is 0 Å². The summed E-state index contributed by atoms with van der Waals surface area (Å²) in [7, 11) is -3.93. The monoisotopic (exact) mass is 292 g/mol. The minimum atomic E-state index is -3.93. The molecule has 4 N–H and O–H groups in total. The number of aromatic hydroxyl groups is 1. The molecular formula is C13H12N2O4S. The van der Waals surface area contributed by atoms with Gasteiger partial charge in [0.1, 0.15) is 10.6 Å². The van der Waals surface area contributed by atoms with Crippen molar-refractivity contribution in [2.24, 2.45) is 5.14 Å². The second-order valence-corrected chi connectivity index (χ2v) is 5.58. The maximum absolute atomic E-state index is 12.0. The minimum absolute atomic E-state index is 0.0580. The van der Waals surface area contributed by atoms with E-state index in [0.29, 0.717) is 0 Å². The second kappa shape index (κ2) is 5.32. The maximum atomic E-state index is 12.0. The third kappa shape index (κ3) is 3.14. The lowest BCUT2D eigenvalue weighted by Gasteiger charge is -2.09. The highest BCUT2D eigenvalue weighted by Gasteiger charge is 2.15. The van der Waals surface area contributed by atoms with Crippen LogP contribution in [0.1, 0.15) is 10.4 Å². The Hall–Kier alpha value is -2.38. The van der Waals surface area contributed by atoms with Crippen molar-refractivity contribution in [3.05, 3.63) is 54.1 Å². The number of anilines is 1. The van der Waals surface area contributed by atoms with Gasteiger partial charge in [-0.15, -0.1) is 0 Å². The number of carbonyl (C=O) groups excluding carboxylic acids is 1. The number of phenolic OH excluding ortho intramolecular Hbond substituents is 1. The predicted octanol–water partition coefficient (Wildman–Crippen LogP) is 1.29. The van der Waals surface area contributed by atoms with Gasteiger partial charge in [-0.2, -0.15) is 0 Å². The highest BCUT2D eigenvalue weighted by Crippen LogP contribution is 2.20. The number of phenols is 1. The van der Waals surface area contributed by atoms with Gasteiger partial charge in [-0.05, 0) is 30.3 Å². The molecule has 0 spiro atoms. The zero-order valence-electron chi connectivity index (χ0n) is 10.3. The summed E-state index contributed by atoms with van der Waals surface area (Å²) in [6, 6.07) is 11.5. The topological polar surface area (TPSA) is 109 Å². The number of hydrogen-bond donors (Lipinski definition) is 3. The lowest BCUT2D eigenvalue weighted by atomic mass is 10.2. The summed E-state index contributed by atoms with van der Waals surface area (Å²) in [4.78, 5) is 11.8. The molecule has 7 heteroatoms. The molecule has 2 aromatic rings. The fourth-order valence-corrected chi connectivity index (χ4v) is 2.35. The lowest BCUT2D eigenvalue weighted by molar-refractivity contribution is 0.102. The first-order chi connectivity index (χ1) is 9.38. The third-order valence-electron chi connectivity index (χ3n) is 2.55. The smallest absolute Gasteiger partial charge is 0.255 e. The van der Waals surface area contributed by atoms with Gasteiger partial charge in [0, 0.05) is 5.56 Å². The molecule has 0 radical (unpaired) electrons. The van der Waals surface area contributed by atoms with E-state index >= 15 is 0 Å². The maximum Gasteiger partial charge on any atom is 0.255 e. The molecule has 0 saturated carbocycles. The van der Waals surface area contributed by atoms with Crippen molar-refractivity contribution in [1.82, 2.24) is 0 Å². The fraction of sp³-hybridized carbons (Fsp3) is 0. The van der Waals surface area contributed by atoms with Gasteiger partial charge < -0.3 is 10.4 Å². The summed E-state index contributed by atoms with van der Waals surface area (Å²) in [5.74, 6) is -0.602. The molecule has 0 unspecified atom stereocenters. The van der Waals surface area contributed by atoms with Crippen molar-refractivity contribution in [1.29, 1.82) is 0 Å². The van der Waals surface area contributed by atoms with E-state index in [4.69, 9.17) is 5.14 Å². The van der Waals surface area contributed by atoms with E-state index in [9.17, 15) is 18.3 Å². The molecule has 0 saturated heterocycles. The van der Waals surface area contributed by atoms with Crippen LogP contribution >= 0.6 is 0 Å². The Morgan fingerprint density at radius 3 is 2.45 bits per heavy atom. The standard InChI is InChI=1S/C13H12N2O4S/c14-20(18,19)12-7-2-1-6-11(12)15-13(17)9-4-3-5-10(16)8-9/h1-8,16H,(H,15,17)(H2,14,18,19). The molecule has 0 aromatic heterocycles. The molecule has 0 heterocycles. The third-order valence-corrected chi connectivity index (χ3v) is 3.52. The Bertz CT molecular complexity index is 756. The van der Waals surface area contributed by atoms with Gasteiger partial charge in [0.25, 0.3) is 5.91 Å². The Balaban J connectivity index is 2.34. The molecular weight excluding hydrogens is 280 g/mol. The number of nitrogens with two attached hydrogens (primary N) is 1. The van der Waals surface area contributed by atoms with E-state index in [1.54, 1.807) is 6.07 Å². The van der Waals surface area contributed by atoms with Crippen LogP contribution in [0, 0.1) is 0 Å². The highest BCUT2D eigenvalue weighted by molar-refractivity contribution is 7.89. The number of benzene rings is 2. The number of rotatable bonds is 3. The van der Waals surface area contributed by atoms with Gasteiger partial charge in [-0.1, -0.05) is 18.2 Å². The normalized spacial score (nSPS) is 11.1. The van der Waals surface area contributed by atoms with Crippen molar-refractivity contribution in [2.45, 2.75) is 4.90 Å². The van der Waals surface area contributed by atoms with Crippen LogP contribution < -0.4 is 10.5 Å². The summed E-state index contributed by atoms with van der Waals surface area (Å²) in [5, 5.41) is 16.8. The molecule has 2 rings (SSSR count). The molecule has 0 bridgehead atoms. The van der Waals surface area contributed by atoms with Gasteiger partial charge >= 0.3 is 0 Å². The Kier molecular flexibility index (Phi) is 3.73. The number of nitrogens with one attached hydrogen (secondary N) is 1. The average Bonchev–Trinajstić information content (AvgIpc) is 2.38. The quantitative estimate of drug-likeness (QED) is 0.791. The Labute approximate surface area is 115 Å². The van der Waals surface area contributed by atoms with Gasteiger partial charge in [-0.25, -0.2) is 13.6 Å². The highest BCUT2D eigenvalue weighted by atomic mass is 32.2. The number of amides is 1. The lowest BCUT2D eigenvalue weighted by Crippen LogP contribution is -2.18. The first-order valence-corrected chi connectivity index (χ1v) is 7.15. The average molecular weight is 292 g/mol. The van der Waals surface area contributed by atoms with Gasteiger partial charge in [0.05, 0.1) is 5.69 Å². The summed E-state index contributed by atoms with van der Waals surface area (Å²) in [6.07, 6.45) is 0. The number of primary sulfonamides is 1. The van der Waals surface area contributed by atoms with Crippen molar-refractivity contribution in [2.75, 3.05) is 5.32 Å². The van der Waals surface area contributed by atoms with Crippen LogP contribution in [0.3, 0.4) is 0 Å².